The van der Waals surface area contributed by atoms with Crippen LogP contribution in [0.4, 0.5) is 21.6 Å². The highest BCUT2D eigenvalue weighted by Crippen LogP contribution is 2.35. The maximum Gasteiger partial charge on any atom is 0.145 e. The molecule has 0 radical (unpaired) electrons. The van der Waals surface area contributed by atoms with Gasteiger partial charge in [0.05, 0.1) is 29.8 Å². The van der Waals surface area contributed by atoms with Crippen LogP contribution in [-0.4, -0.2) is 47.9 Å². The van der Waals surface area contributed by atoms with Crippen LogP contribution in [0.25, 0.3) is 10.9 Å². The van der Waals surface area contributed by atoms with E-state index >= 15 is 0 Å². The van der Waals surface area contributed by atoms with Gasteiger partial charge >= 0.3 is 0 Å². The molecule has 0 aliphatic heterocycles. The molecule has 4 rings (SSSR count). The van der Waals surface area contributed by atoms with E-state index < -0.39 is 5.82 Å². The second-order valence-corrected chi connectivity index (χ2v) is 8.35. The number of hydrogen-bond acceptors (Lipinski definition) is 8. The van der Waals surface area contributed by atoms with Crippen molar-refractivity contribution in [3.8, 4) is 11.5 Å². The van der Waals surface area contributed by atoms with Gasteiger partial charge in [-0.3, -0.25) is 0 Å². The molecule has 0 amide bonds. The van der Waals surface area contributed by atoms with Gasteiger partial charge in [-0.2, -0.15) is 11.8 Å². The molecule has 3 aromatic rings. The standard InChI is InChI=1S/C15H13FN4O2.C7H14O.C2H6S/c1-22-13-6-9(17)5-11-14(13)15(19-7-18-11)20-10-3-2-8(16)4-12(10)21;1-8-7-5-3-2-4-6-7;1-3-2/h2-7,21H,17H2,1H3,(H,18,19,20);7H,2-6H2,1H3;1-2H3. The predicted octanol–water partition coefficient (Wildman–Crippen LogP) is 5.75. The molecule has 2 aromatic carbocycles. The number of aromatic nitrogens is 2. The number of nitrogens with zero attached hydrogens (tertiary/aromatic N) is 2. The fourth-order valence-corrected chi connectivity index (χ4v) is 3.47. The monoisotopic (exact) mass is 476 g/mol. The number of rotatable bonds is 4. The Morgan fingerprint density at radius 2 is 1.79 bits per heavy atom. The molecule has 0 atom stereocenters. The van der Waals surface area contributed by atoms with Crippen molar-refractivity contribution in [1.29, 1.82) is 0 Å². The average molecular weight is 477 g/mol. The number of ether oxygens (including phenoxy) is 2. The van der Waals surface area contributed by atoms with Crippen LogP contribution < -0.4 is 15.8 Å². The molecule has 1 aromatic heterocycles. The number of aromatic hydroxyl groups is 1. The van der Waals surface area contributed by atoms with E-state index in [1.807, 2.05) is 19.6 Å². The fourth-order valence-electron chi connectivity index (χ4n) is 3.47. The van der Waals surface area contributed by atoms with Gasteiger partial charge in [-0.1, -0.05) is 19.3 Å². The van der Waals surface area contributed by atoms with Gasteiger partial charge < -0.3 is 25.6 Å². The van der Waals surface area contributed by atoms with Crippen LogP contribution in [0.3, 0.4) is 0 Å². The van der Waals surface area contributed by atoms with E-state index in [1.165, 1.54) is 57.7 Å². The van der Waals surface area contributed by atoms with Crippen LogP contribution in [0.15, 0.2) is 36.7 Å². The summed E-state index contributed by atoms with van der Waals surface area (Å²) in [6, 6.07) is 7.01. The Kier molecular flexibility index (Phi) is 11.0. The van der Waals surface area contributed by atoms with Crippen molar-refractivity contribution in [2.45, 2.75) is 38.2 Å². The Labute approximate surface area is 198 Å². The summed E-state index contributed by atoms with van der Waals surface area (Å²) in [5.74, 6) is 0.172. The Balaban J connectivity index is 0.000000291. The average Bonchev–Trinajstić information content (AvgIpc) is 2.81. The predicted molar refractivity (Wildman–Crippen MR) is 135 cm³/mol. The third kappa shape index (κ3) is 7.94. The van der Waals surface area contributed by atoms with E-state index in [4.69, 9.17) is 15.2 Å². The summed E-state index contributed by atoms with van der Waals surface area (Å²) in [5.41, 5.74) is 7.23. The second-order valence-electron chi connectivity index (χ2n) is 7.53. The van der Waals surface area contributed by atoms with Crippen molar-refractivity contribution < 1.29 is 19.0 Å². The zero-order valence-electron chi connectivity index (χ0n) is 19.6. The minimum absolute atomic E-state index is 0.221. The lowest BCUT2D eigenvalue weighted by atomic mass is 9.98. The number of halogens is 1. The van der Waals surface area contributed by atoms with Gasteiger partial charge in [0.25, 0.3) is 0 Å². The molecule has 7 nitrogen and oxygen atoms in total. The van der Waals surface area contributed by atoms with Crippen LogP contribution in [-0.2, 0) is 4.74 Å². The van der Waals surface area contributed by atoms with Crippen molar-refractivity contribution >= 4 is 39.9 Å². The Morgan fingerprint density at radius 1 is 1.09 bits per heavy atom. The highest BCUT2D eigenvalue weighted by molar-refractivity contribution is 7.97. The molecule has 1 fully saturated rings. The number of benzene rings is 2. The van der Waals surface area contributed by atoms with E-state index in [2.05, 4.69) is 15.3 Å². The van der Waals surface area contributed by atoms with Gasteiger partial charge in [0.15, 0.2) is 0 Å². The number of hydrogen-bond donors (Lipinski definition) is 3. The molecule has 180 valence electrons. The first-order valence-corrected chi connectivity index (χ1v) is 12.3. The summed E-state index contributed by atoms with van der Waals surface area (Å²) >= 11 is 1.75. The van der Waals surface area contributed by atoms with Crippen LogP contribution in [0.5, 0.6) is 11.5 Å². The molecule has 4 N–H and O–H groups in total. The Hall–Kier alpha value is -2.78. The summed E-state index contributed by atoms with van der Waals surface area (Å²) < 4.78 is 23.6. The summed E-state index contributed by atoms with van der Waals surface area (Å²) in [6.45, 7) is 0. The SMILES string of the molecule is COC1CCCCC1.COc1cc(N)cc2ncnc(Nc3ccc(F)cc3O)c12.CSC. The molecule has 9 heteroatoms. The summed E-state index contributed by atoms with van der Waals surface area (Å²) in [4.78, 5) is 8.31. The van der Waals surface area contributed by atoms with Gasteiger partial charge in [-0.05, 0) is 43.6 Å². The lowest BCUT2D eigenvalue weighted by Crippen LogP contribution is -2.13. The van der Waals surface area contributed by atoms with Gasteiger partial charge in [0.1, 0.15) is 29.5 Å². The quantitative estimate of drug-likeness (QED) is 0.323. The number of nitrogens with two attached hydrogens (primary N) is 1. The molecule has 1 heterocycles. The second kappa shape index (κ2) is 13.7. The zero-order chi connectivity index (χ0) is 24.2. The van der Waals surface area contributed by atoms with Crippen molar-refractivity contribution in [3.05, 3.63) is 42.5 Å². The highest BCUT2D eigenvalue weighted by Gasteiger charge is 2.13. The van der Waals surface area contributed by atoms with Crippen LogP contribution in [0.2, 0.25) is 0 Å². The van der Waals surface area contributed by atoms with Gasteiger partial charge in [-0.25, -0.2) is 14.4 Å². The van der Waals surface area contributed by atoms with Crippen LogP contribution in [0.1, 0.15) is 32.1 Å². The van der Waals surface area contributed by atoms with E-state index in [9.17, 15) is 9.50 Å². The number of thioether (sulfide) groups is 1. The molecule has 0 saturated heterocycles. The van der Waals surface area contributed by atoms with Crippen LogP contribution >= 0.6 is 11.8 Å². The molecule has 33 heavy (non-hydrogen) atoms. The van der Waals surface area contributed by atoms with Gasteiger partial charge in [0, 0.05) is 24.9 Å². The number of nitrogen functional groups attached to an aromatic ring is 1. The van der Waals surface area contributed by atoms with E-state index in [-0.39, 0.29) is 5.75 Å². The molecule has 1 aliphatic rings. The van der Waals surface area contributed by atoms with E-state index in [1.54, 1.807) is 23.9 Å². The van der Waals surface area contributed by atoms with Crippen molar-refractivity contribution in [3.63, 3.8) is 0 Å². The third-order valence-electron chi connectivity index (χ3n) is 5.04. The number of phenolic OH excluding ortho intramolecular Hbond substituents is 1. The minimum atomic E-state index is -0.527. The lowest BCUT2D eigenvalue weighted by Gasteiger charge is -2.19. The molecule has 0 spiro atoms. The Bertz CT molecular complexity index is 1020. The largest absolute Gasteiger partial charge is 0.506 e. The summed E-state index contributed by atoms with van der Waals surface area (Å²) in [6.07, 6.45) is 12.8. The number of nitrogens with one attached hydrogen (secondary N) is 1. The highest BCUT2D eigenvalue weighted by atomic mass is 32.2. The zero-order valence-corrected chi connectivity index (χ0v) is 20.4. The number of anilines is 3. The molecular formula is C24H33FN4O3S. The lowest BCUT2D eigenvalue weighted by molar-refractivity contribution is 0.0710. The summed E-state index contributed by atoms with van der Waals surface area (Å²) in [7, 11) is 3.33. The molecular weight excluding hydrogens is 443 g/mol. The minimum Gasteiger partial charge on any atom is -0.506 e. The third-order valence-corrected chi connectivity index (χ3v) is 5.04. The van der Waals surface area contributed by atoms with Gasteiger partial charge in [0.2, 0.25) is 0 Å². The normalized spacial score (nSPS) is 13.4. The molecule has 1 aliphatic carbocycles. The summed E-state index contributed by atoms with van der Waals surface area (Å²) in [5, 5.41) is 13.4. The first kappa shape index (κ1) is 26.5. The first-order valence-electron chi connectivity index (χ1n) is 10.7. The van der Waals surface area contributed by atoms with Crippen molar-refractivity contribution in [2.75, 3.05) is 37.8 Å². The van der Waals surface area contributed by atoms with Gasteiger partial charge in [-0.15, -0.1) is 0 Å². The van der Waals surface area contributed by atoms with Crippen molar-refractivity contribution in [1.82, 2.24) is 9.97 Å². The molecule has 0 unspecified atom stereocenters. The fraction of sp³-hybridized carbons (Fsp3) is 0.417. The number of methoxy groups -OCH3 is 2. The maximum absolute atomic E-state index is 13.1. The van der Waals surface area contributed by atoms with E-state index in [0.29, 0.717) is 39.9 Å². The van der Waals surface area contributed by atoms with E-state index in [0.717, 1.165) is 6.07 Å². The maximum atomic E-state index is 13.1. The smallest absolute Gasteiger partial charge is 0.145 e. The Morgan fingerprint density at radius 3 is 2.36 bits per heavy atom. The molecule has 0 bridgehead atoms. The number of phenols is 1. The van der Waals surface area contributed by atoms with Crippen molar-refractivity contribution in [2.24, 2.45) is 0 Å². The number of fused-ring (bicyclic) bond motifs is 1. The van der Waals surface area contributed by atoms with Crippen LogP contribution in [0, 0.1) is 5.82 Å². The topological polar surface area (TPSA) is 103 Å². The molecule has 1 saturated carbocycles. The first-order chi connectivity index (χ1) is 15.9.